The van der Waals surface area contributed by atoms with Gasteiger partial charge in [0.05, 0.1) is 10.5 Å². The maximum absolute atomic E-state index is 11.7. The number of nitrogens with one attached hydrogen (secondary N) is 1. The van der Waals surface area contributed by atoms with E-state index in [1.807, 2.05) is 6.92 Å². The number of aryl methyl sites for hydroxylation is 1. The van der Waals surface area contributed by atoms with Gasteiger partial charge < -0.3 is 4.98 Å². The highest BCUT2D eigenvalue weighted by Crippen LogP contribution is 2.24. The van der Waals surface area contributed by atoms with E-state index >= 15 is 0 Å². The fourth-order valence-electron chi connectivity index (χ4n) is 1.52. The molecule has 0 radical (unpaired) electrons. The second-order valence-electron chi connectivity index (χ2n) is 3.32. The van der Waals surface area contributed by atoms with Crippen LogP contribution in [-0.2, 0) is 6.42 Å². The minimum Gasteiger partial charge on any atom is -0.357 e. The molecule has 0 aliphatic rings. The highest BCUT2D eigenvalue weighted by atomic mass is 35.5. The van der Waals surface area contributed by atoms with Gasteiger partial charge in [0.25, 0.3) is 0 Å². The number of aromatic amines is 1. The molecular formula is C11H9Cl2NO. The number of aromatic nitrogens is 1. The number of pyridine rings is 1. The Kier molecular flexibility index (Phi) is 2.72. The second-order valence-corrected chi connectivity index (χ2v) is 4.17. The molecule has 1 aromatic heterocycles. The van der Waals surface area contributed by atoms with Gasteiger partial charge in [-0.15, -0.1) is 0 Å². The smallest absolute Gasteiger partial charge is 0.189 e. The van der Waals surface area contributed by atoms with Crippen LogP contribution in [0.1, 0.15) is 12.6 Å². The average Bonchev–Trinajstić information content (AvgIpc) is 2.19. The van der Waals surface area contributed by atoms with Crippen molar-refractivity contribution < 1.29 is 0 Å². The minimum atomic E-state index is -0.0509. The van der Waals surface area contributed by atoms with E-state index in [1.165, 1.54) is 0 Å². The number of hydrogen-bond donors (Lipinski definition) is 1. The van der Waals surface area contributed by atoms with Crippen molar-refractivity contribution in [1.29, 1.82) is 0 Å². The van der Waals surface area contributed by atoms with E-state index in [-0.39, 0.29) is 5.43 Å². The molecule has 1 aromatic carbocycles. The summed E-state index contributed by atoms with van der Waals surface area (Å²) in [5, 5.41) is 1.48. The van der Waals surface area contributed by atoms with Crippen LogP contribution in [0.4, 0.5) is 0 Å². The van der Waals surface area contributed by atoms with Gasteiger partial charge in [-0.1, -0.05) is 30.1 Å². The molecule has 4 heteroatoms. The lowest BCUT2D eigenvalue weighted by Gasteiger charge is -2.04. The van der Waals surface area contributed by atoms with Crippen LogP contribution in [0, 0.1) is 0 Å². The summed E-state index contributed by atoms with van der Waals surface area (Å²) < 4.78 is 0. The van der Waals surface area contributed by atoms with E-state index in [4.69, 9.17) is 23.2 Å². The van der Waals surface area contributed by atoms with Crippen molar-refractivity contribution in [2.24, 2.45) is 0 Å². The van der Waals surface area contributed by atoms with Crippen LogP contribution in [0.15, 0.2) is 23.0 Å². The fourth-order valence-corrected chi connectivity index (χ4v) is 2.06. The monoisotopic (exact) mass is 241 g/mol. The lowest BCUT2D eigenvalue weighted by Crippen LogP contribution is -2.04. The van der Waals surface area contributed by atoms with Crippen molar-refractivity contribution in [2.45, 2.75) is 13.3 Å². The molecule has 0 saturated carbocycles. The van der Waals surface area contributed by atoms with Crippen molar-refractivity contribution in [2.75, 3.05) is 0 Å². The first-order valence-corrected chi connectivity index (χ1v) is 5.38. The van der Waals surface area contributed by atoms with Crippen molar-refractivity contribution >= 4 is 34.1 Å². The van der Waals surface area contributed by atoms with Crippen molar-refractivity contribution in [3.05, 3.63) is 44.2 Å². The summed E-state index contributed by atoms with van der Waals surface area (Å²) in [5.41, 5.74) is 1.48. The lowest BCUT2D eigenvalue weighted by atomic mass is 10.2. The zero-order valence-electron chi connectivity index (χ0n) is 8.10. The lowest BCUT2D eigenvalue weighted by molar-refractivity contribution is 1.05. The Morgan fingerprint density at radius 1 is 1.27 bits per heavy atom. The van der Waals surface area contributed by atoms with Gasteiger partial charge >= 0.3 is 0 Å². The Morgan fingerprint density at radius 3 is 2.67 bits per heavy atom. The SMILES string of the molecule is CCc1cc(=O)c2cc(Cl)cc(Cl)c2[nH]1. The quantitative estimate of drug-likeness (QED) is 0.816. The molecule has 0 atom stereocenters. The third kappa shape index (κ3) is 1.87. The second kappa shape index (κ2) is 3.87. The molecule has 2 rings (SSSR count). The molecule has 78 valence electrons. The molecule has 0 bridgehead atoms. The summed E-state index contributed by atoms with van der Waals surface area (Å²) >= 11 is 11.8. The van der Waals surface area contributed by atoms with Crippen LogP contribution in [0.3, 0.4) is 0 Å². The van der Waals surface area contributed by atoms with Crippen molar-refractivity contribution in [3.63, 3.8) is 0 Å². The summed E-state index contributed by atoms with van der Waals surface area (Å²) in [7, 11) is 0. The third-order valence-corrected chi connectivity index (χ3v) is 2.81. The van der Waals surface area contributed by atoms with Crippen LogP contribution < -0.4 is 5.43 Å². The van der Waals surface area contributed by atoms with Gasteiger partial charge in [-0.25, -0.2) is 0 Å². The summed E-state index contributed by atoms with van der Waals surface area (Å²) in [4.78, 5) is 14.8. The first-order valence-electron chi connectivity index (χ1n) is 4.62. The molecule has 0 amide bonds. The maximum Gasteiger partial charge on any atom is 0.189 e. The van der Waals surface area contributed by atoms with Crippen LogP contribution in [-0.4, -0.2) is 4.98 Å². The van der Waals surface area contributed by atoms with Gasteiger partial charge in [0.15, 0.2) is 5.43 Å². The van der Waals surface area contributed by atoms with Crippen LogP contribution >= 0.6 is 23.2 Å². The van der Waals surface area contributed by atoms with Crippen LogP contribution in [0.2, 0.25) is 10.0 Å². The highest BCUT2D eigenvalue weighted by molar-refractivity contribution is 6.38. The topological polar surface area (TPSA) is 32.9 Å². The van der Waals surface area contributed by atoms with Crippen molar-refractivity contribution in [1.82, 2.24) is 4.98 Å². The van der Waals surface area contributed by atoms with E-state index in [0.717, 1.165) is 12.1 Å². The largest absolute Gasteiger partial charge is 0.357 e. The van der Waals surface area contributed by atoms with E-state index in [9.17, 15) is 4.79 Å². The van der Waals surface area contributed by atoms with E-state index in [1.54, 1.807) is 18.2 Å². The molecule has 0 fully saturated rings. The van der Waals surface area contributed by atoms with Gasteiger partial charge in [-0.05, 0) is 18.6 Å². The summed E-state index contributed by atoms with van der Waals surface area (Å²) in [6.45, 7) is 1.97. The van der Waals surface area contributed by atoms with E-state index < -0.39 is 0 Å². The van der Waals surface area contributed by atoms with Gasteiger partial charge in [0.1, 0.15) is 0 Å². The van der Waals surface area contributed by atoms with Crippen molar-refractivity contribution in [3.8, 4) is 0 Å². The first-order chi connectivity index (χ1) is 7.11. The Morgan fingerprint density at radius 2 is 2.00 bits per heavy atom. The van der Waals surface area contributed by atoms with Gasteiger partial charge in [-0.2, -0.15) is 0 Å². The Balaban J connectivity index is 2.91. The number of halogens is 2. The zero-order chi connectivity index (χ0) is 11.0. The number of fused-ring (bicyclic) bond motifs is 1. The minimum absolute atomic E-state index is 0.0509. The first kappa shape index (κ1) is 10.5. The van der Waals surface area contributed by atoms with Gasteiger partial charge in [-0.3, -0.25) is 4.79 Å². The molecule has 0 aliphatic carbocycles. The number of rotatable bonds is 1. The third-order valence-electron chi connectivity index (χ3n) is 2.29. The van der Waals surface area contributed by atoms with E-state index in [0.29, 0.717) is 20.9 Å². The zero-order valence-corrected chi connectivity index (χ0v) is 9.62. The van der Waals surface area contributed by atoms with Crippen LogP contribution in [0.5, 0.6) is 0 Å². The number of hydrogen-bond acceptors (Lipinski definition) is 1. The number of H-pyrrole nitrogens is 1. The van der Waals surface area contributed by atoms with Gasteiger partial charge in [0, 0.05) is 22.2 Å². The Hall–Kier alpha value is -0.990. The molecule has 0 spiro atoms. The normalized spacial score (nSPS) is 10.9. The molecule has 1 N–H and O–H groups in total. The molecule has 15 heavy (non-hydrogen) atoms. The number of benzene rings is 1. The average molecular weight is 242 g/mol. The molecule has 0 aliphatic heterocycles. The predicted octanol–water partition coefficient (Wildman–Crippen LogP) is 3.40. The molecular weight excluding hydrogens is 233 g/mol. The highest BCUT2D eigenvalue weighted by Gasteiger charge is 2.06. The summed E-state index contributed by atoms with van der Waals surface area (Å²) in [6, 6.07) is 4.83. The fraction of sp³-hybridized carbons (Fsp3) is 0.182. The summed E-state index contributed by atoms with van der Waals surface area (Å²) in [6.07, 6.45) is 0.768. The standard InChI is InChI=1S/C11H9Cl2NO/c1-2-7-5-10(15)8-3-6(12)4-9(13)11(8)14-7/h3-5H,2H2,1H3,(H,14,15). The Labute approximate surface area is 96.8 Å². The van der Waals surface area contributed by atoms with Gasteiger partial charge in [0.2, 0.25) is 0 Å². The van der Waals surface area contributed by atoms with Crippen LogP contribution in [0.25, 0.3) is 10.9 Å². The Bertz CT molecular complexity index is 575. The molecule has 0 unspecified atom stereocenters. The predicted molar refractivity (Wildman–Crippen MR) is 64.0 cm³/mol. The maximum atomic E-state index is 11.7. The van der Waals surface area contributed by atoms with E-state index in [2.05, 4.69) is 4.98 Å². The molecule has 0 saturated heterocycles. The molecule has 2 aromatic rings. The summed E-state index contributed by atoms with van der Waals surface area (Å²) in [5.74, 6) is 0. The molecule has 1 heterocycles. The molecule has 2 nitrogen and oxygen atoms in total.